The molecule has 1 aliphatic rings. The highest BCUT2D eigenvalue weighted by Crippen LogP contribution is 2.27. The van der Waals surface area contributed by atoms with Crippen molar-refractivity contribution in [1.29, 1.82) is 0 Å². The molecule has 0 bridgehead atoms. The Balaban J connectivity index is 2.40. The molecule has 1 aliphatic heterocycles. The second-order valence-corrected chi connectivity index (χ2v) is 6.66. The number of aromatic carboxylic acids is 1. The molecule has 1 unspecified atom stereocenters. The Labute approximate surface area is 122 Å². The number of sulfonamides is 1. The molecule has 0 spiro atoms. The Morgan fingerprint density at radius 1 is 1.43 bits per heavy atom. The van der Waals surface area contributed by atoms with Gasteiger partial charge in [-0.25, -0.2) is 13.2 Å². The minimum atomic E-state index is -3.93. The molecule has 1 fully saturated rings. The summed E-state index contributed by atoms with van der Waals surface area (Å²) in [7, 11) is -1.28. The summed E-state index contributed by atoms with van der Waals surface area (Å²) >= 11 is 0. The van der Waals surface area contributed by atoms with E-state index in [-0.39, 0.29) is 17.1 Å². The Hall–Kier alpha value is -1.87. The molecule has 1 aromatic rings. The Morgan fingerprint density at radius 2 is 2.10 bits per heavy atom. The van der Waals surface area contributed by atoms with Crippen LogP contribution in [0.5, 0.6) is 0 Å². The summed E-state index contributed by atoms with van der Waals surface area (Å²) in [6.07, 6.45) is 2.17. The maximum absolute atomic E-state index is 12.6. The number of rotatable bonds is 4. The van der Waals surface area contributed by atoms with Crippen molar-refractivity contribution in [1.82, 2.24) is 8.87 Å². The number of aromatic nitrogens is 1. The van der Waals surface area contributed by atoms with Gasteiger partial charge in [-0.3, -0.25) is 4.79 Å². The van der Waals surface area contributed by atoms with Crippen molar-refractivity contribution in [3.05, 3.63) is 18.0 Å². The minimum Gasteiger partial charge on any atom is -0.477 e. The number of ether oxygens (including phenoxy) is 1. The smallest absolute Gasteiger partial charge is 0.352 e. The van der Waals surface area contributed by atoms with Crippen LogP contribution in [0.4, 0.5) is 0 Å². The maximum atomic E-state index is 12.6. The van der Waals surface area contributed by atoms with E-state index in [1.807, 2.05) is 0 Å². The molecule has 2 rings (SSSR count). The van der Waals surface area contributed by atoms with Crippen LogP contribution in [0.3, 0.4) is 0 Å². The number of aryl methyl sites for hydroxylation is 1. The molecule has 2 heterocycles. The van der Waals surface area contributed by atoms with Gasteiger partial charge in [0.2, 0.25) is 10.0 Å². The molecule has 1 N–H and O–H groups in total. The zero-order chi connectivity index (χ0) is 15.8. The van der Waals surface area contributed by atoms with E-state index >= 15 is 0 Å². The summed E-state index contributed by atoms with van der Waals surface area (Å²) in [6, 6.07) is 0.234. The van der Waals surface area contributed by atoms with Crippen LogP contribution in [0.25, 0.3) is 0 Å². The third-order valence-corrected chi connectivity index (χ3v) is 5.36. The van der Waals surface area contributed by atoms with Crippen molar-refractivity contribution in [2.75, 3.05) is 13.7 Å². The number of carbonyl (C=O) groups is 2. The van der Waals surface area contributed by atoms with Gasteiger partial charge < -0.3 is 14.4 Å². The fourth-order valence-electron chi connectivity index (χ4n) is 2.42. The van der Waals surface area contributed by atoms with E-state index in [0.29, 0.717) is 12.8 Å². The lowest BCUT2D eigenvalue weighted by atomic mass is 10.2. The van der Waals surface area contributed by atoms with E-state index in [9.17, 15) is 18.0 Å². The van der Waals surface area contributed by atoms with Crippen molar-refractivity contribution in [3.63, 3.8) is 0 Å². The lowest BCUT2D eigenvalue weighted by Crippen LogP contribution is -2.40. The molecule has 116 valence electrons. The maximum Gasteiger partial charge on any atom is 0.352 e. The summed E-state index contributed by atoms with van der Waals surface area (Å²) in [6.45, 7) is 0.208. The van der Waals surface area contributed by atoms with Crippen LogP contribution >= 0.6 is 0 Å². The normalized spacial score (nSPS) is 19.6. The largest absolute Gasteiger partial charge is 0.477 e. The van der Waals surface area contributed by atoms with Crippen LogP contribution in [0.15, 0.2) is 17.2 Å². The average molecular weight is 316 g/mol. The van der Waals surface area contributed by atoms with Crippen molar-refractivity contribution >= 4 is 22.0 Å². The van der Waals surface area contributed by atoms with E-state index < -0.39 is 28.0 Å². The zero-order valence-electron chi connectivity index (χ0n) is 11.6. The highest BCUT2D eigenvalue weighted by atomic mass is 32.2. The second-order valence-electron chi connectivity index (χ2n) is 4.77. The van der Waals surface area contributed by atoms with Crippen molar-refractivity contribution in [2.24, 2.45) is 7.05 Å². The van der Waals surface area contributed by atoms with E-state index in [0.717, 1.165) is 10.4 Å². The molecule has 0 aliphatic carbocycles. The number of esters is 1. The van der Waals surface area contributed by atoms with Crippen LogP contribution in [0, 0.1) is 0 Å². The Morgan fingerprint density at radius 3 is 2.62 bits per heavy atom. The molecule has 0 saturated carbocycles. The topological polar surface area (TPSA) is 106 Å². The predicted molar refractivity (Wildman–Crippen MR) is 71.3 cm³/mol. The van der Waals surface area contributed by atoms with Crippen molar-refractivity contribution in [3.8, 4) is 0 Å². The van der Waals surface area contributed by atoms with Gasteiger partial charge in [0, 0.05) is 19.8 Å². The number of carbonyl (C=O) groups excluding carboxylic acids is 1. The highest BCUT2D eigenvalue weighted by Gasteiger charge is 2.40. The molecule has 21 heavy (non-hydrogen) atoms. The number of hydrogen-bond acceptors (Lipinski definition) is 5. The predicted octanol–water partition coefficient (Wildman–Crippen LogP) is 0.0494. The molecular formula is C12H16N2O6S. The first-order valence-electron chi connectivity index (χ1n) is 6.28. The third kappa shape index (κ3) is 2.66. The van der Waals surface area contributed by atoms with Gasteiger partial charge in [0.05, 0.1) is 7.11 Å². The number of methoxy groups -OCH3 is 1. The van der Waals surface area contributed by atoms with Gasteiger partial charge in [0.25, 0.3) is 0 Å². The summed E-state index contributed by atoms with van der Waals surface area (Å²) in [4.78, 5) is 22.5. The number of carboxylic acid groups (broad SMARTS) is 1. The fourth-order valence-corrected chi connectivity index (χ4v) is 4.14. The average Bonchev–Trinajstić information content (AvgIpc) is 3.04. The molecule has 1 atom stereocenters. The molecule has 8 nitrogen and oxygen atoms in total. The number of carboxylic acids is 1. The Bertz CT molecular complexity index is 678. The van der Waals surface area contributed by atoms with Crippen molar-refractivity contribution in [2.45, 2.75) is 23.8 Å². The lowest BCUT2D eigenvalue weighted by Gasteiger charge is -2.21. The molecule has 9 heteroatoms. The first kappa shape index (κ1) is 15.5. The third-order valence-electron chi connectivity index (χ3n) is 3.48. The van der Waals surface area contributed by atoms with Crippen molar-refractivity contribution < 1.29 is 27.9 Å². The molecule has 1 aromatic heterocycles. The van der Waals surface area contributed by atoms with Gasteiger partial charge in [-0.15, -0.1) is 0 Å². The summed E-state index contributed by atoms with van der Waals surface area (Å²) in [5.74, 6) is -1.82. The summed E-state index contributed by atoms with van der Waals surface area (Å²) in [5, 5.41) is 8.98. The van der Waals surface area contributed by atoms with Crippen LogP contribution < -0.4 is 0 Å². The van der Waals surface area contributed by atoms with E-state index in [1.165, 1.54) is 24.9 Å². The van der Waals surface area contributed by atoms with Crippen LogP contribution in [-0.4, -0.2) is 54.0 Å². The van der Waals surface area contributed by atoms with Gasteiger partial charge in [0.1, 0.15) is 16.6 Å². The standard InChI is InChI=1S/C12H16N2O6S/c1-13-7-8(6-10(13)11(15)16)21(18,19)14-5-3-4-9(14)12(17)20-2/h6-7,9H,3-5H2,1-2H3,(H,15,16). The zero-order valence-corrected chi connectivity index (χ0v) is 12.5. The molecule has 1 saturated heterocycles. The summed E-state index contributed by atoms with van der Waals surface area (Å²) < 4.78 is 32.0. The fraction of sp³-hybridized carbons (Fsp3) is 0.500. The van der Waals surface area contributed by atoms with E-state index in [4.69, 9.17) is 5.11 Å². The van der Waals surface area contributed by atoms with E-state index in [1.54, 1.807) is 0 Å². The summed E-state index contributed by atoms with van der Waals surface area (Å²) in [5.41, 5.74) is -0.137. The number of nitrogens with zero attached hydrogens (tertiary/aromatic N) is 2. The number of hydrogen-bond donors (Lipinski definition) is 1. The molecular weight excluding hydrogens is 300 g/mol. The minimum absolute atomic E-state index is 0.137. The molecule has 0 amide bonds. The Kier molecular flexibility index (Phi) is 4.06. The van der Waals surface area contributed by atoms with Crippen LogP contribution in [-0.2, 0) is 26.6 Å². The van der Waals surface area contributed by atoms with Gasteiger partial charge in [0.15, 0.2) is 0 Å². The lowest BCUT2D eigenvalue weighted by molar-refractivity contribution is -0.144. The quantitative estimate of drug-likeness (QED) is 0.787. The van der Waals surface area contributed by atoms with Gasteiger partial charge in [-0.05, 0) is 18.9 Å². The first-order chi connectivity index (χ1) is 9.78. The SMILES string of the molecule is COC(=O)C1CCCN1S(=O)(=O)c1cc(C(=O)O)n(C)c1. The van der Waals surface area contributed by atoms with E-state index in [2.05, 4.69) is 4.74 Å². The van der Waals surface area contributed by atoms with Crippen LogP contribution in [0.1, 0.15) is 23.3 Å². The van der Waals surface area contributed by atoms with Gasteiger partial charge in [-0.2, -0.15) is 4.31 Å². The van der Waals surface area contributed by atoms with Crippen LogP contribution in [0.2, 0.25) is 0 Å². The van der Waals surface area contributed by atoms with Gasteiger partial charge >= 0.3 is 11.9 Å². The highest BCUT2D eigenvalue weighted by molar-refractivity contribution is 7.89. The molecule has 0 radical (unpaired) electrons. The molecule has 0 aromatic carbocycles. The van der Waals surface area contributed by atoms with Gasteiger partial charge in [-0.1, -0.05) is 0 Å². The first-order valence-corrected chi connectivity index (χ1v) is 7.72. The monoisotopic (exact) mass is 316 g/mol. The second kappa shape index (κ2) is 5.49.